The molecular weight excluding hydrogens is 460 g/mol. The number of hydrogen-bond acceptors (Lipinski definition) is 2. The van der Waals surface area contributed by atoms with Crippen LogP contribution in [0.5, 0.6) is 0 Å². The van der Waals surface area contributed by atoms with Crippen molar-refractivity contribution < 1.29 is 0 Å². The van der Waals surface area contributed by atoms with Gasteiger partial charge in [-0.1, -0.05) is 29.8 Å². The molecule has 0 spiro atoms. The minimum Gasteiger partial charge on any atom is -0.351 e. The second-order valence-corrected chi connectivity index (χ2v) is 10.6. The zero-order chi connectivity index (χ0) is 25.7. The van der Waals surface area contributed by atoms with E-state index in [0.29, 0.717) is 0 Å². The number of thiocarbonyl (C=S) groups is 1. The summed E-state index contributed by atoms with van der Waals surface area (Å²) in [6.45, 7) is 15.3. The molecule has 0 amide bonds. The van der Waals surface area contributed by atoms with Gasteiger partial charge in [0, 0.05) is 23.3 Å². The summed E-state index contributed by atoms with van der Waals surface area (Å²) in [6, 6.07) is 19.5. The van der Waals surface area contributed by atoms with Crippen molar-refractivity contribution in [1.29, 1.82) is 0 Å². The van der Waals surface area contributed by atoms with E-state index in [1.165, 1.54) is 50.5 Å². The second-order valence-electron chi connectivity index (χ2n) is 10.2. The molecule has 3 heterocycles. The zero-order valence-electron chi connectivity index (χ0n) is 22.2. The summed E-state index contributed by atoms with van der Waals surface area (Å²) in [7, 11) is 0. The number of benzene rings is 2. The van der Waals surface area contributed by atoms with Crippen LogP contribution in [-0.4, -0.2) is 14.7 Å². The molecule has 4 aromatic rings. The van der Waals surface area contributed by atoms with Crippen molar-refractivity contribution in [2.75, 3.05) is 4.90 Å². The topological polar surface area (TPSA) is 33.1 Å². The van der Waals surface area contributed by atoms with Crippen molar-refractivity contribution in [3.63, 3.8) is 0 Å². The van der Waals surface area contributed by atoms with Gasteiger partial charge in [-0.3, -0.25) is 4.98 Å². The molecule has 1 aliphatic rings. The third-order valence-corrected chi connectivity index (χ3v) is 7.83. The number of anilines is 1. The fourth-order valence-electron chi connectivity index (χ4n) is 5.78. The van der Waals surface area contributed by atoms with Crippen molar-refractivity contribution in [3.8, 4) is 5.69 Å². The van der Waals surface area contributed by atoms with Gasteiger partial charge >= 0.3 is 0 Å². The van der Waals surface area contributed by atoms with Crippen molar-refractivity contribution in [2.24, 2.45) is 0 Å². The monoisotopic (exact) mass is 494 g/mol. The Morgan fingerprint density at radius 3 is 2.17 bits per heavy atom. The van der Waals surface area contributed by atoms with Crippen LogP contribution in [0.3, 0.4) is 0 Å². The number of aryl methyl sites for hydroxylation is 6. The highest BCUT2D eigenvalue weighted by Gasteiger charge is 2.42. The van der Waals surface area contributed by atoms with Gasteiger partial charge in [0.15, 0.2) is 5.11 Å². The maximum absolute atomic E-state index is 5.97. The number of hydrogen-bond donors (Lipinski definition) is 1. The Morgan fingerprint density at radius 1 is 0.806 bits per heavy atom. The van der Waals surface area contributed by atoms with Crippen LogP contribution in [0.25, 0.3) is 5.69 Å². The standard InChI is InChI=1S/C31H34N4S/c1-18-14-21(4)29(22(5)15-18)34-23(6)17-26(24(34)7)30-28(27-10-8-9-13-32-27)33-31(36)35(30)25-12-11-19(2)20(3)16-25/h8-17,28,30H,1-7H3,(H,33,36)/t28-,30-/m0/s1. The zero-order valence-corrected chi connectivity index (χ0v) is 23.0. The average Bonchev–Trinajstić information content (AvgIpc) is 3.32. The molecule has 4 nitrogen and oxygen atoms in total. The van der Waals surface area contributed by atoms with E-state index in [9.17, 15) is 0 Å². The molecule has 1 aliphatic heterocycles. The predicted octanol–water partition coefficient (Wildman–Crippen LogP) is 7.21. The molecule has 0 aliphatic carbocycles. The first-order valence-electron chi connectivity index (χ1n) is 12.5. The fraction of sp³-hybridized carbons (Fsp3) is 0.290. The molecule has 0 bridgehead atoms. The summed E-state index contributed by atoms with van der Waals surface area (Å²) >= 11 is 5.97. The summed E-state index contributed by atoms with van der Waals surface area (Å²) < 4.78 is 2.41. The largest absolute Gasteiger partial charge is 0.351 e. The highest BCUT2D eigenvalue weighted by atomic mass is 32.1. The summed E-state index contributed by atoms with van der Waals surface area (Å²) in [5, 5.41) is 4.34. The number of nitrogens with zero attached hydrogens (tertiary/aromatic N) is 3. The van der Waals surface area contributed by atoms with Crippen LogP contribution in [0.1, 0.15) is 62.5 Å². The van der Waals surface area contributed by atoms with Gasteiger partial charge in [-0.2, -0.15) is 0 Å². The van der Waals surface area contributed by atoms with E-state index >= 15 is 0 Å². The first-order chi connectivity index (χ1) is 17.2. The lowest BCUT2D eigenvalue weighted by atomic mass is 9.96. The summed E-state index contributed by atoms with van der Waals surface area (Å²) in [6.07, 6.45) is 1.86. The first-order valence-corrected chi connectivity index (χ1v) is 12.9. The molecule has 0 saturated carbocycles. The molecule has 5 heteroatoms. The number of aromatic nitrogens is 2. The van der Waals surface area contributed by atoms with Crippen LogP contribution in [0.15, 0.2) is 60.8 Å². The minimum absolute atomic E-state index is 0.0273. The van der Waals surface area contributed by atoms with Gasteiger partial charge in [-0.25, -0.2) is 0 Å². The third kappa shape index (κ3) is 4.01. The van der Waals surface area contributed by atoms with Crippen LogP contribution in [0.2, 0.25) is 0 Å². The number of pyridine rings is 1. The molecule has 1 saturated heterocycles. The van der Waals surface area contributed by atoms with Gasteiger partial charge in [-0.15, -0.1) is 0 Å². The van der Waals surface area contributed by atoms with Gasteiger partial charge in [0.25, 0.3) is 0 Å². The maximum Gasteiger partial charge on any atom is 0.174 e. The maximum atomic E-state index is 5.97. The lowest BCUT2D eigenvalue weighted by Crippen LogP contribution is -2.29. The quantitative estimate of drug-likeness (QED) is 0.304. The summed E-state index contributed by atoms with van der Waals surface area (Å²) in [5.41, 5.74) is 13.5. The van der Waals surface area contributed by atoms with Gasteiger partial charge in [0.1, 0.15) is 0 Å². The fourth-order valence-corrected chi connectivity index (χ4v) is 6.13. The first kappa shape index (κ1) is 24.3. The normalized spacial score (nSPS) is 17.5. The molecule has 184 valence electrons. The van der Waals surface area contributed by atoms with Crippen LogP contribution >= 0.6 is 12.2 Å². The highest BCUT2D eigenvalue weighted by Crippen LogP contribution is 2.44. The van der Waals surface area contributed by atoms with Gasteiger partial charge < -0.3 is 14.8 Å². The number of nitrogens with one attached hydrogen (secondary N) is 1. The Bertz CT molecular complexity index is 1440. The van der Waals surface area contributed by atoms with Crippen LogP contribution in [-0.2, 0) is 0 Å². The molecule has 2 atom stereocenters. The van der Waals surface area contributed by atoms with Crippen molar-refractivity contribution in [3.05, 3.63) is 111 Å². The third-order valence-electron chi connectivity index (χ3n) is 7.51. The molecule has 2 aromatic carbocycles. The molecule has 36 heavy (non-hydrogen) atoms. The van der Waals surface area contributed by atoms with E-state index in [1.54, 1.807) is 0 Å². The second kappa shape index (κ2) is 9.21. The molecule has 0 unspecified atom stereocenters. The minimum atomic E-state index is -0.0607. The Hall–Kier alpha value is -3.44. The van der Waals surface area contributed by atoms with Crippen molar-refractivity contribution >= 4 is 23.0 Å². The van der Waals surface area contributed by atoms with E-state index in [4.69, 9.17) is 17.2 Å². The van der Waals surface area contributed by atoms with E-state index in [1.807, 2.05) is 18.3 Å². The molecule has 5 rings (SSSR count). The van der Waals surface area contributed by atoms with Gasteiger partial charge in [-0.05, 0) is 119 Å². The van der Waals surface area contributed by atoms with Crippen LogP contribution < -0.4 is 10.2 Å². The molecule has 0 radical (unpaired) electrons. The Kier molecular flexibility index (Phi) is 6.21. The van der Waals surface area contributed by atoms with Gasteiger partial charge in [0.2, 0.25) is 0 Å². The Labute approximate surface area is 220 Å². The SMILES string of the molecule is Cc1cc(C)c(-n2c(C)cc([C@H]3[C@H](c4ccccn4)NC(=S)N3c3ccc(C)c(C)c3)c2C)c(C)c1. The molecule has 2 aromatic heterocycles. The van der Waals surface area contributed by atoms with Gasteiger partial charge in [0.05, 0.1) is 23.5 Å². The lowest BCUT2D eigenvalue weighted by Gasteiger charge is -2.29. The van der Waals surface area contributed by atoms with E-state index in [-0.39, 0.29) is 12.1 Å². The van der Waals surface area contributed by atoms with Crippen LogP contribution in [0.4, 0.5) is 5.69 Å². The van der Waals surface area contributed by atoms with E-state index < -0.39 is 0 Å². The average molecular weight is 495 g/mol. The summed E-state index contributed by atoms with van der Waals surface area (Å²) in [4.78, 5) is 7.01. The summed E-state index contributed by atoms with van der Waals surface area (Å²) in [5.74, 6) is 0. The molecular formula is C31H34N4S. The van der Waals surface area contributed by atoms with E-state index in [0.717, 1.165) is 16.5 Å². The van der Waals surface area contributed by atoms with Crippen molar-refractivity contribution in [1.82, 2.24) is 14.9 Å². The smallest absolute Gasteiger partial charge is 0.174 e. The lowest BCUT2D eigenvalue weighted by molar-refractivity contribution is 0.565. The van der Waals surface area contributed by atoms with E-state index in [2.05, 4.69) is 106 Å². The Morgan fingerprint density at radius 2 is 1.53 bits per heavy atom. The van der Waals surface area contributed by atoms with Crippen LogP contribution in [0, 0.1) is 48.5 Å². The van der Waals surface area contributed by atoms with Crippen molar-refractivity contribution in [2.45, 2.75) is 60.5 Å². The highest BCUT2D eigenvalue weighted by molar-refractivity contribution is 7.80. The predicted molar refractivity (Wildman–Crippen MR) is 153 cm³/mol. The number of rotatable bonds is 4. The molecule has 1 fully saturated rings. The Balaban J connectivity index is 1.72. The molecule has 1 N–H and O–H groups in total.